The first-order valence-electron chi connectivity index (χ1n) is 14.2. The van der Waals surface area contributed by atoms with E-state index in [-0.39, 0.29) is 18.3 Å². The van der Waals surface area contributed by atoms with Crippen LogP contribution in [-0.2, 0) is 19.3 Å². The van der Waals surface area contributed by atoms with Crippen molar-refractivity contribution in [1.29, 1.82) is 0 Å². The van der Waals surface area contributed by atoms with Gasteiger partial charge in [-0.25, -0.2) is 8.78 Å². The molecule has 4 rings (SSSR count). The second-order valence-corrected chi connectivity index (χ2v) is 11.3. The van der Waals surface area contributed by atoms with E-state index in [1.54, 1.807) is 12.1 Å². The van der Waals surface area contributed by atoms with Gasteiger partial charge in [-0.3, -0.25) is 4.39 Å². The van der Waals surface area contributed by atoms with Crippen LogP contribution < -0.4 is 0 Å². The van der Waals surface area contributed by atoms with Crippen LogP contribution in [0, 0.1) is 29.4 Å². The predicted molar refractivity (Wildman–Crippen MR) is 140 cm³/mol. The third-order valence-electron chi connectivity index (χ3n) is 9.00. The Bertz CT molecular complexity index is 920. The highest BCUT2D eigenvalue weighted by atomic mass is 19.1. The molecule has 0 N–H and O–H groups in total. The number of benzene rings is 2. The summed E-state index contributed by atoms with van der Waals surface area (Å²) < 4.78 is 42.1. The summed E-state index contributed by atoms with van der Waals surface area (Å²) in [7, 11) is 0. The van der Waals surface area contributed by atoms with Crippen LogP contribution in [0.1, 0.15) is 106 Å². The molecule has 2 fully saturated rings. The van der Waals surface area contributed by atoms with Gasteiger partial charge in [-0.15, -0.1) is 0 Å². The third-order valence-corrected chi connectivity index (χ3v) is 9.00. The van der Waals surface area contributed by atoms with Gasteiger partial charge < -0.3 is 0 Å². The van der Waals surface area contributed by atoms with E-state index in [1.807, 2.05) is 18.2 Å². The molecular formula is C32H43F3. The summed E-state index contributed by atoms with van der Waals surface area (Å²) in [5.74, 6) is 2.36. The van der Waals surface area contributed by atoms with Gasteiger partial charge in [0.15, 0.2) is 0 Å². The maximum absolute atomic E-state index is 15.0. The van der Waals surface area contributed by atoms with Crippen LogP contribution >= 0.6 is 0 Å². The van der Waals surface area contributed by atoms with Gasteiger partial charge in [0.1, 0.15) is 11.6 Å². The summed E-state index contributed by atoms with van der Waals surface area (Å²) in [6.07, 6.45) is 14.6. The Balaban J connectivity index is 1.26. The summed E-state index contributed by atoms with van der Waals surface area (Å²) in [5.41, 5.74) is 3.53. The molecule has 0 radical (unpaired) electrons. The van der Waals surface area contributed by atoms with E-state index in [0.717, 1.165) is 61.5 Å². The van der Waals surface area contributed by atoms with Crippen LogP contribution in [0.3, 0.4) is 0 Å². The average molecular weight is 485 g/mol. The van der Waals surface area contributed by atoms with Crippen LogP contribution in [0.25, 0.3) is 0 Å². The number of unbranched alkanes of at least 4 members (excludes halogenated alkanes) is 1. The van der Waals surface area contributed by atoms with Crippen LogP contribution in [0.2, 0.25) is 0 Å². The van der Waals surface area contributed by atoms with E-state index in [4.69, 9.17) is 0 Å². The van der Waals surface area contributed by atoms with Crippen molar-refractivity contribution < 1.29 is 13.2 Å². The molecule has 0 amide bonds. The van der Waals surface area contributed by atoms with Crippen LogP contribution in [-0.4, -0.2) is 6.67 Å². The van der Waals surface area contributed by atoms with Crippen molar-refractivity contribution in [1.82, 2.24) is 0 Å². The lowest BCUT2D eigenvalue weighted by atomic mass is 9.68. The fraction of sp³-hybridized carbons (Fsp3) is 0.625. The lowest BCUT2D eigenvalue weighted by molar-refractivity contribution is 0.153. The second kappa shape index (κ2) is 13.0. The van der Waals surface area contributed by atoms with Crippen molar-refractivity contribution in [3.63, 3.8) is 0 Å². The van der Waals surface area contributed by atoms with Crippen LogP contribution in [0.4, 0.5) is 13.2 Å². The number of hydrogen-bond donors (Lipinski definition) is 0. The first-order chi connectivity index (χ1) is 17.1. The van der Waals surface area contributed by atoms with Crippen LogP contribution in [0.5, 0.6) is 0 Å². The molecule has 0 saturated heterocycles. The van der Waals surface area contributed by atoms with Crippen LogP contribution in [0.15, 0.2) is 36.4 Å². The van der Waals surface area contributed by atoms with Gasteiger partial charge in [-0.2, -0.15) is 0 Å². The highest BCUT2D eigenvalue weighted by molar-refractivity contribution is 5.30. The zero-order valence-electron chi connectivity index (χ0n) is 21.5. The molecule has 0 heterocycles. The highest BCUT2D eigenvalue weighted by Crippen LogP contribution is 2.44. The fourth-order valence-corrected chi connectivity index (χ4v) is 6.65. The maximum atomic E-state index is 15.0. The zero-order valence-corrected chi connectivity index (χ0v) is 21.5. The molecule has 2 aromatic rings. The number of aryl methyl sites for hydroxylation is 3. The van der Waals surface area contributed by atoms with Crippen molar-refractivity contribution in [3.8, 4) is 0 Å². The normalized spacial score (nSPS) is 25.0. The summed E-state index contributed by atoms with van der Waals surface area (Å²) >= 11 is 0. The van der Waals surface area contributed by atoms with Crippen molar-refractivity contribution in [3.05, 3.63) is 70.3 Å². The average Bonchev–Trinajstić information content (AvgIpc) is 2.88. The summed E-state index contributed by atoms with van der Waals surface area (Å²) in [5, 5.41) is 0. The predicted octanol–water partition coefficient (Wildman–Crippen LogP) is 9.53. The molecule has 0 atom stereocenters. The molecule has 2 aliphatic carbocycles. The summed E-state index contributed by atoms with van der Waals surface area (Å²) in [6.45, 7) is 1.97. The van der Waals surface area contributed by atoms with E-state index in [9.17, 15) is 13.2 Å². The highest BCUT2D eigenvalue weighted by Gasteiger charge is 2.31. The molecule has 35 heavy (non-hydrogen) atoms. The van der Waals surface area contributed by atoms with Crippen molar-refractivity contribution >= 4 is 0 Å². The van der Waals surface area contributed by atoms with E-state index >= 15 is 0 Å². The molecule has 0 aliphatic heterocycles. The Morgan fingerprint density at radius 1 is 0.714 bits per heavy atom. The van der Waals surface area contributed by atoms with Crippen molar-refractivity contribution in [2.75, 3.05) is 6.67 Å². The SMILES string of the molecule is CCCCc1ccc(CCc2ccc(C3CCC([C@H]4CC[C@H](CCF)CC4)CC3)cc2F)c(F)c1. The van der Waals surface area contributed by atoms with Gasteiger partial charge in [-0.1, -0.05) is 50.5 Å². The Morgan fingerprint density at radius 2 is 1.31 bits per heavy atom. The standard InChI is InChI=1S/C32H43F3/c1-2-3-4-24-7-10-28(31(34)21-24)15-16-29-17-18-30(22-32(29)35)27-13-11-26(12-14-27)25-8-5-23(6-9-25)19-20-33/h7,10,17-18,21-23,25-27H,2-6,8-9,11-16,19-20H2,1H3/t23-,25-,26?,27?. The van der Waals surface area contributed by atoms with E-state index < -0.39 is 0 Å². The smallest absolute Gasteiger partial charge is 0.126 e. The molecule has 2 aromatic carbocycles. The monoisotopic (exact) mass is 484 g/mol. The van der Waals surface area contributed by atoms with Gasteiger partial charge >= 0.3 is 0 Å². The molecule has 192 valence electrons. The van der Waals surface area contributed by atoms with Crippen molar-refractivity contribution in [2.24, 2.45) is 17.8 Å². The Morgan fingerprint density at radius 3 is 1.89 bits per heavy atom. The molecule has 0 aromatic heterocycles. The van der Waals surface area contributed by atoms with E-state index in [0.29, 0.717) is 35.8 Å². The lowest BCUT2D eigenvalue weighted by Crippen LogP contribution is -2.25. The minimum Gasteiger partial charge on any atom is -0.251 e. The number of hydrogen-bond acceptors (Lipinski definition) is 0. The number of rotatable bonds is 10. The third kappa shape index (κ3) is 7.14. The summed E-state index contributed by atoms with van der Waals surface area (Å²) in [4.78, 5) is 0. The fourth-order valence-electron chi connectivity index (χ4n) is 6.65. The summed E-state index contributed by atoms with van der Waals surface area (Å²) in [6, 6.07) is 11.3. The van der Waals surface area contributed by atoms with E-state index in [2.05, 4.69) is 13.0 Å². The topological polar surface area (TPSA) is 0 Å². The lowest BCUT2D eigenvalue weighted by Gasteiger charge is -2.38. The van der Waals surface area contributed by atoms with Gasteiger partial charge in [0.2, 0.25) is 0 Å². The molecule has 2 aliphatic rings. The van der Waals surface area contributed by atoms with Crippen molar-refractivity contribution in [2.45, 2.75) is 103 Å². The van der Waals surface area contributed by atoms with Gasteiger partial charge in [-0.05, 0) is 129 Å². The first kappa shape index (κ1) is 26.3. The Hall–Kier alpha value is -1.77. The molecule has 0 bridgehead atoms. The first-order valence-corrected chi connectivity index (χ1v) is 14.2. The van der Waals surface area contributed by atoms with Gasteiger partial charge in [0.25, 0.3) is 0 Å². The van der Waals surface area contributed by atoms with Gasteiger partial charge in [0.05, 0.1) is 6.67 Å². The largest absolute Gasteiger partial charge is 0.251 e. The molecule has 2 saturated carbocycles. The maximum Gasteiger partial charge on any atom is 0.126 e. The molecule has 0 unspecified atom stereocenters. The Labute approximate surface area is 210 Å². The zero-order chi connectivity index (χ0) is 24.6. The number of alkyl halides is 1. The Kier molecular flexibility index (Phi) is 9.75. The molecule has 3 heteroatoms. The van der Waals surface area contributed by atoms with Gasteiger partial charge in [0, 0.05) is 0 Å². The minimum absolute atomic E-state index is 0.143. The molecule has 0 nitrogen and oxygen atoms in total. The second-order valence-electron chi connectivity index (χ2n) is 11.3. The quantitative estimate of drug-likeness (QED) is 0.315. The van der Waals surface area contributed by atoms with E-state index in [1.165, 1.54) is 38.5 Å². The number of halogens is 3. The minimum atomic E-state index is -0.168. The molecule has 0 spiro atoms. The molecular weight excluding hydrogens is 441 g/mol.